The summed E-state index contributed by atoms with van der Waals surface area (Å²) in [7, 11) is 1.58. The highest BCUT2D eigenvalue weighted by Crippen LogP contribution is 2.22. The smallest absolute Gasteiger partial charge is 0.251 e. The Morgan fingerprint density at radius 3 is 2.55 bits per heavy atom. The molecule has 2 aromatic carbocycles. The van der Waals surface area contributed by atoms with Crippen molar-refractivity contribution < 1.29 is 14.4 Å². The number of amides is 3. The summed E-state index contributed by atoms with van der Waals surface area (Å²) < 4.78 is 0. The Kier molecular flexibility index (Phi) is 6.65. The Morgan fingerprint density at radius 1 is 1.10 bits per heavy atom. The first-order valence-electron chi connectivity index (χ1n) is 9.93. The number of aryl methyl sites for hydroxylation is 1. The number of carbonyl (C=O) groups excluding carboxylic acids is 3. The second-order valence-corrected chi connectivity index (χ2v) is 7.44. The van der Waals surface area contributed by atoms with E-state index in [1.165, 1.54) is 0 Å². The molecule has 1 aliphatic rings. The molecule has 0 radical (unpaired) electrons. The Labute approximate surface area is 171 Å². The maximum Gasteiger partial charge on any atom is 0.251 e. The summed E-state index contributed by atoms with van der Waals surface area (Å²) in [5.41, 5.74) is 3.05. The molecule has 0 spiro atoms. The van der Waals surface area contributed by atoms with Crippen molar-refractivity contribution in [3.05, 3.63) is 65.2 Å². The van der Waals surface area contributed by atoms with Gasteiger partial charge in [-0.3, -0.25) is 14.4 Å². The number of anilines is 1. The Bertz CT molecular complexity index is 895. The summed E-state index contributed by atoms with van der Waals surface area (Å²) in [5.74, 6) is -0.426. The van der Waals surface area contributed by atoms with Crippen LogP contribution in [0.4, 0.5) is 5.69 Å². The molecule has 1 aliphatic heterocycles. The van der Waals surface area contributed by atoms with Crippen LogP contribution in [-0.2, 0) is 16.0 Å². The highest BCUT2D eigenvalue weighted by Gasteiger charge is 2.28. The molecule has 152 valence electrons. The van der Waals surface area contributed by atoms with Gasteiger partial charge >= 0.3 is 0 Å². The highest BCUT2D eigenvalue weighted by atomic mass is 16.2. The highest BCUT2D eigenvalue weighted by molar-refractivity contribution is 5.97. The van der Waals surface area contributed by atoms with Gasteiger partial charge < -0.3 is 15.5 Å². The van der Waals surface area contributed by atoms with Gasteiger partial charge in [0.05, 0.1) is 12.3 Å². The van der Waals surface area contributed by atoms with Crippen LogP contribution in [0.5, 0.6) is 0 Å². The molecule has 3 amide bonds. The fourth-order valence-electron chi connectivity index (χ4n) is 3.62. The van der Waals surface area contributed by atoms with Crippen LogP contribution in [0.15, 0.2) is 48.5 Å². The second kappa shape index (κ2) is 9.37. The minimum absolute atomic E-state index is 0.0554. The van der Waals surface area contributed by atoms with Crippen LogP contribution in [0.1, 0.15) is 34.3 Å². The van der Waals surface area contributed by atoms with E-state index in [9.17, 15) is 14.4 Å². The Morgan fingerprint density at radius 2 is 1.86 bits per heavy atom. The van der Waals surface area contributed by atoms with Crippen molar-refractivity contribution in [3.63, 3.8) is 0 Å². The fourth-order valence-corrected chi connectivity index (χ4v) is 3.62. The molecule has 1 heterocycles. The van der Waals surface area contributed by atoms with Crippen LogP contribution in [0.25, 0.3) is 0 Å². The number of piperidine rings is 1. The zero-order chi connectivity index (χ0) is 20.8. The van der Waals surface area contributed by atoms with E-state index in [4.69, 9.17) is 0 Å². The van der Waals surface area contributed by atoms with Crippen LogP contribution in [-0.4, -0.2) is 42.8 Å². The molecule has 2 N–H and O–H groups in total. The molecule has 6 heteroatoms. The van der Waals surface area contributed by atoms with Crippen LogP contribution in [0, 0.1) is 12.8 Å². The third kappa shape index (κ3) is 5.22. The van der Waals surface area contributed by atoms with Crippen molar-refractivity contribution in [2.75, 3.05) is 25.5 Å². The monoisotopic (exact) mass is 393 g/mol. The molecule has 0 saturated carbocycles. The summed E-state index contributed by atoms with van der Waals surface area (Å²) in [6, 6.07) is 14.9. The van der Waals surface area contributed by atoms with Crippen LogP contribution in [0.3, 0.4) is 0 Å². The van der Waals surface area contributed by atoms with E-state index >= 15 is 0 Å². The molecule has 3 rings (SSSR count). The van der Waals surface area contributed by atoms with E-state index in [0.717, 1.165) is 24.0 Å². The van der Waals surface area contributed by atoms with Crippen molar-refractivity contribution >= 4 is 23.4 Å². The van der Waals surface area contributed by atoms with E-state index in [-0.39, 0.29) is 23.6 Å². The first kappa shape index (κ1) is 20.6. The largest absolute Gasteiger partial charge is 0.355 e. The van der Waals surface area contributed by atoms with Crippen molar-refractivity contribution in [1.29, 1.82) is 0 Å². The average molecular weight is 393 g/mol. The SMILES string of the molecule is CNC(=O)c1ccc(NC(=O)C2CCCN(C(=O)Cc3ccccc3)C2)c(C)c1. The van der Waals surface area contributed by atoms with Gasteiger partial charge in [-0.1, -0.05) is 30.3 Å². The van der Waals surface area contributed by atoms with Gasteiger partial charge in [0.2, 0.25) is 11.8 Å². The average Bonchev–Trinajstić information content (AvgIpc) is 2.75. The van der Waals surface area contributed by atoms with Gasteiger partial charge in [0.15, 0.2) is 0 Å². The normalized spacial score (nSPS) is 16.2. The van der Waals surface area contributed by atoms with E-state index in [1.54, 1.807) is 30.1 Å². The third-order valence-corrected chi connectivity index (χ3v) is 5.32. The number of likely N-dealkylation sites (tertiary alicyclic amines) is 1. The van der Waals surface area contributed by atoms with E-state index in [0.29, 0.717) is 30.8 Å². The standard InChI is InChI=1S/C23H27N3O3/c1-16-13-18(22(28)24-2)10-11-20(16)25-23(29)19-9-6-12-26(15-19)21(27)14-17-7-4-3-5-8-17/h3-5,7-8,10-11,13,19H,6,9,12,14-15H2,1-2H3,(H,24,28)(H,25,29). The lowest BCUT2D eigenvalue weighted by Gasteiger charge is -2.32. The second-order valence-electron chi connectivity index (χ2n) is 7.44. The molecule has 2 aromatic rings. The van der Waals surface area contributed by atoms with E-state index in [1.807, 2.05) is 37.3 Å². The van der Waals surface area contributed by atoms with Gasteiger partial charge in [-0.15, -0.1) is 0 Å². The molecule has 6 nitrogen and oxygen atoms in total. The van der Waals surface area contributed by atoms with Crippen LogP contribution in [0.2, 0.25) is 0 Å². The molecule has 1 fully saturated rings. The van der Waals surface area contributed by atoms with Gasteiger partial charge in [0.1, 0.15) is 0 Å². The molecule has 1 unspecified atom stereocenters. The Hall–Kier alpha value is -3.15. The quantitative estimate of drug-likeness (QED) is 0.820. The van der Waals surface area contributed by atoms with Crippen molar-refractivity contribution in [3.8, 4) is 0 Å². The van der Waals surface area contributed by atoms with Gasteiger partial charge in [-0.2, -0.15) is 0 Å². The van der Waals surface area contributed by atoms with Gasteiger partial charge in [0.25, 0.3) is 5.91 Å². The number of nitrogens with one attached hydrogen (secondary N) is 2. The maximum absolute atomic E-state index is 12.8. The van der Waals surface area contributed by atoms with Crippen LogP contribution < -0.4 is 10.6 Å². The number of nitrogens with zero attached hydrogens (tertiary/aromatic N) is 1. The minimum Gasteiger partial charge on any atom is -0.355 e. The molecule has 0 aromatic heterocycles. The zero-order valence-electron chi connectivity index (χ0n) is 16.9. The minimum atomic E-state index is -0.235. The van der Waals surface area contributed by atoms with Crippen LogP contribution >= 0.6 is 0 Å². The van der Waals surface area contributed by atoms with Crippen molar-refractivity contribution in [2.45, 2.75) is 26.2 Å². The molecular weight excluding hydrogens is 366 g/mol. The summed E-state index contributed by atoms with van der Waals surface area (Å²) >= 11 is 0. The predicted octanol–water partition coefficient (Wildman–Crippen LogP) is 2.77. The van der Waals surface area contributed by atoms with Crippen molar-refractivity contribution in [2.24, 2.45) is 5.92 Å². The van der Waals surface area contributed by atoms with E-state index in [2.05, 4.69) is 10.6 Å². The fraction of sp³-hybridized carbons (Fsp3) is 0.348. The number of carbonyl (C=O) groups is 3. The first-order chi connectivity index (χ1) is 14.0. The lowest BCUT2D eigenvalue weighted by Crippen LogP contribution is -2.44. The maximum atomic E-state index is 12.8. The summed E-state index contributed by atoms with van der Waals surface area (Å²) in [5, 5.41) is 5.55. The van der Waals surface area contributed by atoms with Gasteiger partial charge in [-0.25, -0.2) is 0 Å². The first-order valence-corrected chi connectivity index (χ1v) is 9.93. The molecule has 29 heavy (non-hydrogen) atoms. The molecular formula is C23H27N3O3. The number of rotatable bonds is 5. The van der Waals surface area contributed by atoms with Gasteiger partial charge in [-0.05, 0) is 49.1 Å². The number of hydrogen-bond donors (Lipinski definition) is 2. The topological polar surface area (TPSA) is 78.5 Å². The molecule has 1 saturated heterocycles. The van der Waals surface area contributed by atoms with Gasteiger partial charge in [0, 0.05) is 31.4 Å². The molecule has 0 aliphatic carbocycles. The van der Waals surface area contributed by atoms with Crippen molar-refractivity contribution in [1.82, 2.24) is 10.2 Å². The summed E-state index contributed by atoms with van der Waals surface area (Å²) in [6.45, 7) is 2.99. The zero-order valence-corrected chi connectivity index (χ0v) is 16.9. The number of hydrogen-bond acceptors (Lipinski definition) is 3. The number of benzene rings is 2. The summed E-state index contributed by atoms with van der Waals surface area (Å²) in [6.07, 6.45) is 1.93. The summed E-state index contributed by atoms with van der Waals surface area (Å²) in [4.78, 5) is 39.0. The lowest BCUT2D eigenvalue weighted by atomic mass is 9.96. The Balaban J connectivity index is 1.61. The molecule has 1 atom stereocenters. The predicted molar refractivity (Wildman–Crippen MR) is 113 cm³/mol. The van der Waals surface area contributed by atoms with E-state index < -0.39 is 0 Å². The third-order valence-electron chi connectivity index (χ3n) is 5.32. The molecule has 0 bridgehead atoms. The lowest BCUT2D eigenvalue weighted by molar-refractivity contribution is -0.133.